The molecule has 0 spiro atoms. The fraction of sp³-hybridized carbons (Fsp3) is 0.231. The lowest BCUT2D eigenvalue weighted by molar-refractivity contribution is -0.141. The highest BCUT2D eigenvalue weighted by molar-refractivity contribution is 5.95. The van der Waals surface area contributed by atoms with Crippen LogP contribution in [-0.4, -0.2) is 37.4 Å². The number of carbonyl (C=O) groups is 1. The number of hydrogen-bond donors (Lipinski definition) is 1. The molecule has 0 saturated carbocycles. The molecule has 0 saturated heterocycles. The Bertz CT molecular complexity index is 839. The molecule has 0 bridgehead atoms. The zero-order valence-corrected chi connectivity index (χ0v) is 11.5. The fourth-order valence-corrected chi connectivity index (χ4v) is 2.05. The van der Waals surface area contributed by atoms with Gasteiger partial charge < -0.3 is 4.74 Å². The number of rotatable bonds is 4. The molecule has 0 radical (unpaired) electrons. The van der Waals surface area contributed by atoms with E-state index in [1.165, 1.54) is 16.9 Å². The number of nitrogens with one attached hydrogen (secondary N) is 1. The Hall–Kier alpha value is -2.91. The lowest BCUT2D eigenvalue weighted by Gasteiger charge is -2.07. The van der Waals surface area contributed by atoms with Crippen LogP contribution in [0.15, 0.2) is 30.9 Å². The smallest absolute Gasteiger partial charge is 0.433 e. The van der Waals surface area contributed by atoms with Crippen LogP contribution in [0.3, 0.4) is 0 Å². The summed E-state index contributed by atoms with van der Waals surface area (Å²) in [4.78, 5) is 16.0. The van der Waals surface area contributed by atoms with E-state index in [1.54, 1.807) is 12.3 Å². The van der Waals surface area contributed by atoms with Gasteiger partial charge in [-0.05, 0) is 6.07 Å². The molecular weight excluding hydrogens is 315 g/mol. The number of halogens is 3. The van der Waals surface area contributed by atoms with Crippen LogP contribution >= 0.6 is 0 Å². The number of aromatic amines is 1. The molecule has 10 heteroatoms. The first kappa shape index (κ1) is 15.0. The Morgan fingerprint density at radius 2 is 2.17 bits per heavy atom. The number of esters is 1. The van der Waals surface area contributed by atoms with Gasteiger partial charge in [-0.1, -0.05) is 0 Å². The summed E-state index contributed by atoms with van der Waals surface area (Å²) in [5.41, 5.74) is -0.542. The van der Waals surface area contributed by atoms with Gasteiger partial charge in [0.2, 0.25) is 0 Å². The molecular formula is C13H10F3N5O2. The van der Waals surface area contributed by atoms with E-state index in [0.717, 1.165) is 6.20 Å². The van der Waals surface area contributed by atoms with Crippen molar-refractivity contribution in [3.05, 3.63) is 47.7 Å². The normalized spacial score (nSPS) is 11.8. The first-order chi connectivity index (χ1) is 11.0. The second-order valence-corrected chi connectivity index (χ2v) is 4.60. The molecule has 0 amide bonds. The Kier molecular flexibility index (Phi) is 3.72. The van der Waals surface area contributed by atoms with Crippen LogP contribution in [0.1, 0.15) is 21.6 Å². The second-order valence-electron chi connectivity index (χ2n) is 4.60. The Balaban J connectivity index is 1.65. The maximum absolute atomic E-state index is 12.7. The van der Waals surface area contributed by atoms with Crippen molar-refractivity contribution in [2.24, 2.45) is 0 Å². The predicted molar refractivity (Wildman–Crippen MR) is 70.6 cm³/mol. The highest BCUT2D eigenvalue weighted by Crippen LogP contribution is 2.30. The van der Waals surface area contributed by atoms with Gasteiger partial charge in [0.1, 0.15) is 11.3 Å². The molecule has 0 aliphatic rings. The third-order valence-electron chi connectivity index (χ3n) is 3.11. The van der Waals surface area contributed by atoms with Crippen LogP contribution in [0.25, 0.3) is 5.65 Å². The maximum Gasteiger partial charge on any atom is 0.433 e. The number of carbonyl (C=O) groups excluding carboxylic acids is 1. The topological polar surface area (TPSA) is 85.2 Å². The standard InChI is InChI=1S/C13H10F3N5O2/c14-13(15,16)10-8(6-18-20-10)2-5-23-12(22)9-7-19-21-4-1-3-17-11(9)21/h1,3-4,6-7H,2,5H2,(H,18,20). The summed E-state index contributed by atoms with van der Waals surface area (Å²) >= 11 is 0. The van der Waals surface area contributed by atoms with Crippen molar-refractivity contribution in [1.29, 1.82) is 0 Å². The summed E-state index contributed by atoms with van der Waals surface area (Å²) in [6, 6.07) is 1.65. The number of ether oxygens (including phenoxy) is 1. The molecule has 23 heavy (non-hydrogen) atoms. The van der Waals surface area contributed by atoms with Gasteiger partial charge in [-0.25, -0.2) is 14.3 Å². The highest BCUT2D eigenvalue weighted by atomic mass is 19.4. The second kappa shape index (κ2) is 5.71. The average molecular weight is 325 g/mol. The van der Waals surface area contributed by atoms with Crippen LogP contribution in [0.2, 0.25) is 0 Å². The molecule has 0 aliphatic heterocycles. The average Bonchev–Trinajstić information content (AvgIpc) is 3.13. The quantitative estimate of drug-likeness (QED) is 0.740. The number of aromatic nitrogens is 5. The summed E-state index contributed by atoms with van der Waals surface area (Å²) in [5, 5.41) is 9.20. The van der Waals surface area contributed by atoms with Crippen molar-refractivity contribution < 1.29 is 22.7 Å². The van der Waals surface area contributed by atoms with Gasteiger partial charge in [0.25, 0.3) is 0 Å². The van der Waals surface area contributed by atoms with Crippen LogP contribution in [0.4, 0.5) is 13.2 Å². The minimum absolute atomic E-state index is 0.0664. The van der Waals surface area contributed by atoms with Gasteiger partial charge in [-0.3, -0.25) is 5.10 Å². The van der Waals surface area contributed by atoms with Gasteiger partial charge in [-0.2, -0.15) is 23.4 Å². The molecule has 0 atom stereocenters. The summed E-state index contributed by atoms with van der Waals surface area (Å²) in [7, 11) is 0. The maximum atomic E-state index is 12.7. The fourth-order valence-electron chi connectivity index (χ4n) is 2.05. The minimum atomic E-state index is -4.53. The van der Waals surface area contributed by atoms with Crippen molar-refractivity contribution in [1.82, 2.24) is 24.8 Å². The van der Waals surface area contributed by atoms with E-state index < -0.39 is 17.8 Å². The Morgan fingerprint density at radius 3 is 2.96 bits per heavy atom. The van der Waals surface area contributed by atoms with Crippen molar-refractivity contribution >= 4 is 11.6 Å². The van der Waals surface area contributed by atoms with Gasteiger partial charge >= 0.3 is 12.1 Å². The molecule has 3 aromatic heterocycles. The number of hydrogen-bond acceptors (Lipinski definition) is 5. The molecule has 1 N–H and O–H groups in total. The highest BCUT2D eigenvalue weighted by Gasteiger charge is 2.35. The molecule has 0 unspecified atom stereocenters. The molecule has 3 heterocycles. The molecule has 0 fully saturated rings. The van der Waals surface area contributed by atoms with Gasteiger partial charge in [-0.15, -0.1) is 0 Å². The third kappa shape index (κ3) is 3.00. The number of nitrogens with zero attached hydrogens (tertiary/aromatic N) is 4. The number of fused-ring (bicyclic) bond motifs is 1. The van der Waals surface area contributed by atoms with Crippen molar-refractivity contribution in [3.8, 4) is 0 Å². The predicted octanol–water partition coefficient (Wildman–Crippen LogP) is 1.87. The molecule has 0 aromatic carbocycles. The van der Waals surface area contributed by atoms with E-state index in [4.69, 9.17) is 4.74 Å². The van der Waals surface area contributed by atoms with Gasteiger partial charge in [0.15, 0.2) is 5.65 Å². The summed E-state index contributed by atoms with van der Waals surface area (Å²) in [6.07, 6.45) is 0.832. The first-order valence-corrected chi connectivity index (χ1v) is 6.52. The molecule has 7 nitrogen and oxygen atoms in total. The Labute approximate surface area is 127 Å². The summed E-state index contributed by atoms with van der Waals surface area (Å²) in [5.74, 6) is -0.698. The summed E-state index contributed by atoms with van der Waals surface area (Å²) < 4.78 is 44.4. The largest absolute Gasteiger partial charge is 0.462 e. The lowest BCUT2D eigenvalue weighted by atomic mass is 10.2. The van der Waals surface area contributed by atoms with Crippen LogP contribution < -0.4 is 0 Å². The van der Waals surface area contributed by atoms with E-state index >= 15 is 0 Å². The van der Waals surface area contributed by atoms with E-state index in [1.807, 2.05) is 5.10 Å². The van der Waals surface area contributed by atoms with Crippen LogP contribution in [-0.2, 0) is 17.3 Å². The van der Waals surface area contributed by atoms with E-state index in [0.29, 0.717) is 5.65 Å². The van der Waals surface area contributed by atoms with Crippen LogP contribution in [0, 0.1) is 0 Å². The summed E-state index contributed by atoms with van der Waals surface area (Å²) in [6.45, 7) is -0.217. The van der Waals surface area contributed by atoms with Crippen LogP contribution in [0.5, 0.6) is 0 Å². The Morgan fingerprint density at radius 1 is 1.35 bits per heavy atom. The zero-order valence-electron chi connectivity index (χ0n) is 11.5. The molecule has 0 aliphatic carbocycles. The van der Waals surface area contributed by atoms with E-state index in [9.17, 15) is 18.0 Å². The minimum Gasteiger partial charge on any atom is -0.462 e. The third-order valence-corrected chi connectivity index (χ3v) is 3.11. The van der Waals surface area contributed by atoms with Crippen molar-refractivity contribution in [2.75, 3.05) is 6.61 Å². The SMILES string of the molecule is O=C(OCCc1cn[nH]c1C(F)(F)F)c1cnn2cccnc12. The molecule has 120 valence electrons. The molecule has 3 rings (SSSR count). The van der Waals surface area contributed by atoms with Gasteiger partial charge in [0, 0.05) is 24.4 Å². The molecule has 3 aromatic rings. The first-order valence-electron chi connectivity index (χ1n) is 6.52. The van der Waals surface area contributed by atoms with Crippen molar-refractivity contribution in [2.45, 2.75) is 12.6 Å². The zero-order chi connectivity index (χ0) is 16.4. The number of alkyl halides is 3. The van der Waals surface area contributed by atoms with E-state index in [2.05, 4.69) is 15.2 Å². The van der Waals surface area contributed by atoms with Gasteiger partial charge in [0.05, 0.1) is 19.0 Å². The van der Waals surface area contributed by atoms with Crippen molar-refractivity contribution in [3.63, 3.8) is 0 Å². The monoisotopic (exact) mass is 325 g/mol. The number of H-pyrrole nitrogens is 1. The van der Waals surface area contributed by atoms with E-state index in [-0.39, 0.29) is 24.2 Å². The lowest BCUT2D eigenvalue weighted by Crippen LogP contribution is -2.12.